The second-order valence-electron chi connectivity index (χ2n) is 5.66. The largest absolute Gasteiger partial charge is 0.496 e. The normalized spacial score (nSPS) is 19.9. The minimum atomic E-state index is -0.679. The lowest BCUT2D eigenvalue weighted by molar-refractivity contribution is -0.143. The third-order valence-corrected chi connectivity index (χ3v) is 4.15. The number of piperidine rings is 1. The third kappa shape index (κ3) is 3.31. The number of hydrogen-bond acceptors (Lipinski definition) is 3. The first-order valence-corrected chi connectivity index (χ1v) is 7.10. The maximum atomic E-state index is 11.1. The molecule has 1 atom stereocenters. The monoisotopic (exact) mass is 277 g/mol. The molecule has 1 aliphatic rings. The molecule has 1 heterocycles. The number of benzene rings is 1. The Hall–Kier alpha value is -1.55. The number of hydrogen-bond donors (Lipinski definition) is 1. The van der Waals surface area contributed by atoms with Crippen molar-refractivity contribution in [1.82, 2.24) is 4.90 Å². The van der Waals surface area contributed by atoms with Gasteiger partial charge in [-0.05, 0) is 50.4 Å². The van der Waals surface area contributed by atoms with Gasteiger partial charge in [0.15, 0.2) is 0 Å². The number of carboxylic acid groups (broad SMARTS) is 1. The van der Waals surface area contributed by atoms with Crippen LogP contribution in [0.2, 0.25) is 0 Å². The zero-order chi connectivity index (χ0) is 14.7. The molecule has 1 unspecified atom stereocenters. The van der Waals surface area contributed by atoms with Gasteiger partial charge >= 0.3 is 5.97 Å². The Labute approximate surface area is 120 Å². The SMILES string of the molecule is COc1cc(C)c(C)cc1CN1CCCC(C(=O)O)C1. The summed E-state index contributed by atoms with van der Waals surface area (Å²) in [5.74, 6) is -0.0198. The van der Waals surface area contributed by atoms with E-state index in [1.165, 1.54) is 11.1 Å². The standard InChI is InChI=1S/C16H23NO3/c1-11-7-14(15(20-3)8-12(11)2)10-17-6-4-5-13(9-17)16(18)19/h7-8,13H,4-6,9-10H2,1-3H3,(H,18,19). The van der Waals surface area contributed by atoms with Crippen molar-refractivity contribution in [3.8, 4) is 5.75 Å². The molecular formula is C16H23NO3. The molecule has 1 saturated heterocycles. The molecule has 4 nitrogen and oxygen atoms in total. The minimum Gasteiger partial charge on any atom is -0.496 e. The lowest BCUT2D eigenvalue weighted by Crippen LogP contribution is -2.38. The Morgan fingerprint density at radius 1 is 1.40 bits per heavy atom. The second-order valence-corrected chi connectivity index (χ2v) is 5.66. The Kier molecular flexibility index (Phi) is 4.65. The lowest BCUT2D eigenvalue weighted by Gasteiger charge is -2.31. The maximum Gasteiger partial charge on any atom is 0.307 e. The predicted molar refractivity (Wildman–Crippen MR) is 78.1 cm³/mol. The van der Waals surface area contributed by atoms with Gasteiger partial charge in [-0.15, -0.1) is 0 Å². The van der Waals surface area contributed by atoms with E-state index in [1.54, 1.807) is 7.11 Å². The van der Waals surface area contributed by atoms with Crippen LogP contribution in [0.5, 0.6) is 5.75 Å². The van der Waals surface area contributed by atoms with Crippen molar-refractivity contribution in [2.24, 2.45) is 5.92 Å². The quantitative estimate of drug-likeness (QED) is 0.919. The van der Waals surface area contributed by atoms with Crippen LogP contribution in [0.3, 0.4) is 0 Å². The first-order chi connectivity index (χ1) is 9.51. The van der Waals surface area contributed by atoms with Gasteiger partial charge in [0.2, 0.25) is 0 Å². The summed E-state index contributed by atoms with van der Waals surface area (Å²) in [6.07, 6.45) is 1.74. The van der Waals surface area contributed by atoms with E-state index in [0.717, 1.165) is 37.2 Å². The minimum absolute atomic E-state index is 0.235. The maximum absolute atomic E-state index is 11.1. The molecule has 0 spiro atoms. The summed E-state index contributed by atoms with van der Waals surface area (Å²) in [4.78, 5) is 13.3. The van der Waals surface area contributed by atoms with E-state index in [0.29, 0.717) is 6.54 Å². The van der Waals surface area contributed by atoms with E-state index in [9.17, 15) is 4.79 Å². The van der Waals surface area contributed by atoms with Gasteiger partial charge in [-0.1, -0.05) is 6.07 Å². The second kappa shape index (κ2) is 6.27. The zero-order valence-electron chi connectivity index (χ0n) is 12.5. The fourth-order valence-electron chi connectivity index (χ4n) is 2.80. The average Bonchev–Trinajstić information content (AvgIpc) is 2.43. The number of ether oxygens (including phenoxy) is 1. The number of likely N-dealkylation sites (tertiary alicyclic amines) is 1. The van der Waals surface area contributed by atoms with Crippen LogP contribution in [-0.4, -0.2) is 36.2 Å². The van der Waals surface area contributed by atoms with Crippen molar-refractivity contribution < 1.29 is 14.6 Å². The van der Waals surface area contributed by atoms with Gasteiger partial charge in [-0.3, -0.25) is 9.69 Å². The van der Waals surface area contributed by atoms with Crippen molar-refractivity contribution in [2.75, 3.05) is 20.2 Å². The first kappa shape index (κ1) is 14.9. The molecule has 1 aromatic rings. The van der Waals surface area contributed by atoms with Crippen LogP contribution in [0.1, 0.15) is 29.5 Å². The molecule has 20 heavy (non-hydrogen) atoms. The Balaban J connectivity index is 2.13. The molecule has 0 aromatic heterocycles. The van der Waals surface area contributed by atoms with E-state index < -0.39 is 5.97 Å². The van der Waals surface area contributed by atoms with Gasteiger partial charge in [-0.25, -0.2) is 0 Å². The fraction of sp³-hybridized carbons (Fsp3) is 0.562. The highest BCUT2D eigenvalue weighted by molar-refractivity contribution is 5.70. The number of aryl methyl sites for hydroxylation is 2. The number of aliphatic carboxylic acids is 1. The van der Waals surface area contributed by atoms with Gasteiger partial charge in [0.05, 0.1) is 13.0 Å². The molecule has 0 amide bonds. The van der Waals surface area contributed by atoms with E-state index in [4.69, 9.17) is 9.84 Å². The Morgan fingerprint density at radius 2 is 2.10 bits per heavy atom. The summed E-state index contributed by atoms with van der Waals surface area (Å²) < 4.78 is 5.45. The third-order valence-electron chi connectivity index (χ3n) is 4.15. The molecule has 4 heteroatoms. The van der Waals surface area contributed by atoms with Gasteiger partial charge in [0.25, 0.3) is 0 Å². The smallest absolute Gasteiger partial charge is 0.307 e. The predicted octanol–water partition coefficient (Wildman–Crippen LogP) is 2.61. The summed E-state index contributed by atoms with van der Waals surface area (Å²) in [5, 5.41) is 9.15. The van der Waals surface area contributed by atoms with Crippen LogP contribution in [0.15, 0.2) is 12.1 Å². The highest BCUT2D eigenvalue weighted by atomic mass is 16.5. The van der Waals surface area contributed by atoms with Crippen LogP contribution in [0.25, 0.3) is 0 Å². The number of carbonyl (C=O) groups is 1. The van der Waals surface area contributed by atoms with E-state index in [2.05, 4.69) is 30.9 Å². The van der Waals surface area contributed by atoms with Gasteiger partial charge in [-0.2, -0.15) is 0 Å². The van der Waals surface area contributed by atoms with Crippen LogP contribution < -0.4 is 4.74 Å². The average molecular weight is 277 g/mol. The highest BCUT2D eigenvalue weighted by Crippen LogP contribution is 2.26. The van der Waals surface area contributed by atoms with Crippen molar-refractivity contribution in [3.05, 3.63) is 28.8 Å². The molecule has 1 aliphatic heterocycles. The summed E-state index contributed by atoms with van der Waals surface area (Å²) in [5.41, 5.74) is 3.60. The fourth-order valence-corrected chi connectivity index (χ4v) is 2.80. The lowest BCUT2D eigenvalue weighted by atomic mass is 9.97. The topological polar surface area (TPSA) is 49.8 Å². The van der Waals surface area contributed by atoms with Gasteiger partial charge in [0.1, 0.15) is 5.75 Å². The molecule has 1 aromatic carbocycles. The van der Waals surface area contributed by atoms with E-state index in [1.807, 2.05) is 0 Å². The van der Waals surface area contributed by atoms with Gasteiger partial charge in [0, 0.05) is 18.7 Å². The number of methoxy groups -OCH3 is 1. The molecule has 0 aliphatic carbocycles. The Bertz CT molecular complexity index is 499. The van der Waals surface area contributed by atoms with Crippen molar-refractivity contribution in [1.29, 1.82) is 0 Å². The van der Waals surface area contributed by atoms with Crippen molar-refractivity contribution in [2.45, 2.75) is 33.2 Å². The van der Waals surface area contributed by atoms with E-state index in [-0.39, 0.29) is 5.92 Å². The van der Waals surface area contributed by atoms with Crippen molar-refractivity contribution >= 4 is 5.97 Å². The summed E-state index contributed by atoms with van der Waals surface area (Å²) in [6, 6.07) is 4.21. The molecule has 0 bridgehead atoms. The van der Waals surface area contributed by atoms with Crippen LogP contribution in [-0.2, 0) is 11.3 Å². The first-order valence-electron chi connectivity index (χ1n) is 7.10. The molecule has 0 radical (unpaired) electrons. The van der Waals surface area contributed by atoms with Gasteiger partial charge < -0.3 is 9.84 Å². The van der Waals surface area contributed by atoms with Crippen molar-refractivity contribution in [3.63, 3.8) is 0 Å². The molecule has 110 valence electrons. The van der Waals surface area contributed by atoms with Crippen LogP contribution >= 0.6 is 0 Å². The van der Waals surface area contributed by atoms with Crippen LogP contribution in [0.4, 0.5) is 0 Å². The summed E-state index contributed by atoms with van der Waals surface area (Å²) in [6.45, 7) is 6.51. The number of nitrogens with zero attached hydrogens (tertiary/aromatic N) is 1. The number of rotatable bonds is 4. The number of carboxylic acids is 1. The molecule has 1 N–H and O–H groups in total. The summed E-state index contributed by atoms with van der Waals surface area (Å²) >= 11 is 0. The molecule has 1 fully saturated rings. The molecule has 0 saturated carbocycles. The zero-order valence-corrected chi connectivity index (χ0v) is 12.5. The van der Waals surface area contributed by atoms with Crippen LogP contribution in [0, 0.1) is 19.8 Å². The van der Waals surface area contributed by atoms with E-state index >= 15 is 0 Å². The highest BCUT2D eigenvalue weighted by Gasteiger charge is 2.25. The molecule has 2 rings (SSSR count). The summed E-state index contributed by atoms with van der Waals surface area (Å²) in [7, 11) is 1.68. The Morgan fingerprint density at radius 3 is 2.75 bits per heavy atom. The molecular weight excluding hydrogens is 254 g/mol.